The van der Waals surface area contributed by atoms with Gasteiger partial charge in [0.25, 0.3) is 0 Å². The standard InChI is InChI=1S/C26H24N2O6/c1-10-6-13(7-11(2)22(10)30)19-14-4-5-15-20(25(33)28(24(15)32)26(27)34)16(14)9-17-21(19)18(29)8-12(3)23(17)31/h4,6-8,15-16,19-20,30H,5,9H2,1-3H3,(H2,27,34). The van der Waals surface area contributed by atoms with Crippen molar-refractivity contribution in [2.45, 2.75) is 39.5 Å². The fraction of sp³-hybridized carbons (Fsp3) is 0.346. The van der Waals surface area contributed by atoms with Crippen molar-refractivity contribution in [1.29, 1.82) is 0 Å². The molecule has 1 aromatic carbocycles. The molecule has 8 heteroatoms. The molecule has 1 fully saturated rings. The Labute approximate surface area is 195 Å². The number of phenols is 1. The van der Waals surface area contributed by atoms with Crippen LogP contribution >= 0.6 is 0 Å². The molecule has 0 radical (unpaired) electrons. The summed E-state index contributed by atoms with van der Waals surface area (Å²) in [5.41, 5.74) is 9.14. The molecule has 0 spiro atoms. The number of primary amides is 1. The summed E-state index contributed by atoms with van der Waals surface area (Å²) < 4.78 is 0. The van der Waals surface area contributed by atoms with Gasteiger partial charge in [0, 0.05) is 22.6 Å². The first-order valence-corrected chi connectivity index (χ1v) is 11.2. The lowest BCUT2D eigenvalue weighted by Crippen LogP contribution is -2.42. The molecule has 3 aliphatic carbocycles. The number of nitrogens with two attached hydrogens (primary N) is 1. The molecule has 0 saturated carbocycles. The average Bonchev–Trinajstić information content (AvgIpc) is 3.04. The second-order valence-electron chi connectivity index (χ2n) is 9.58. The van der Waals surface area contributed by atoms with Crippen molar-refractivity contribution in [3.05, 3.63) is 63.3 Å². The van der Waals surface area contributed by atoms with Crippen LogP contribution in [0.15, 0.2) is 46.6 Å². The normalized spacial score (nSPS) is 28.4. The summed E-state index contributed by atoms with van der Waals surface area (Å²) in [6.45, 7) is 5.10. The molecule has 0 aromatic heterocycles. The van der Waals surface area contributed by atoms with Crippen molar-refractivity contribution in [3.8, 4) is 5.75 Å². The zero-order valence-corrected chi connectivity index (χ0v) is 19.0. The highest BCUT2D eigenvalue weighted by molar-refractivity contribution is 6.24. The zero-order chi connectivity index (χ0) is 24.6. The van der Waals surface area contributed by atoms with E-state index in [9.17, 15) is 29.1 Å². The molecule has 3 N–H and O–H groups in total. The van der Waals surface area contributed by atoms with Crippen molar-refractivity contribution in [2.24, 2.45) is 23.5 Å². The molecule has 0 bridgehead atoms. The maximum atomic E-state index is 13.2. The van der Waals surface area contributed by atoms with Gasteiger partial charge in [-0.2, -0.15) is 4.90 Å². The van der Waals surface area contributed by atoms with E-state index < -0.39 is 41.5 Å². The smallest absolute Gasteiger partial charge is 0.328 e. The molecule has 4 amide bonds. The molecular weight excluding hydrogens is 436 g/mol. The fourth-order valence-corrected chi connectivity index (χ4v) is 6.13. The van der Waals surface area contributed by atoms with E-state index in [0.717, 1.165) is 11.1 Å². The van der Waals surface area contributed by atoms with E-state index in [4.69, 9.17) is 5.73 Å². The summed E-state index contributed by atoms with van der Waals surface area (Å²) in [4.78, 5) is 64.7. The Morgan fingerprint density at radius 3 is 2.29 bits per heavy atom. The molecule has 1 heterocycles. The number of urea groups is 1. The number of fused-ring (bicyclic) bond motifs is 3. The number of rotatable bonds is 1. The molecule has 1 aromatic rings. The lowest BCUT2D eigenvalue weighted by atomic mass is 9.59. The predicted octanol–water partition coefficient (Wildman–Crippen LogP) is 2.52. The van der Waals surface area contributed by atoms with Gasteiger partial charge in [-0.05, 0) is 62.3 Å². The fourth-order valence-electron chi connectivity index (χ4n) is 6.13. The van der Waals surface area contributed by atoms with Crippen molar-refractivity contribution in [3.63, 3.8) is 0 Å². The number of hydrogen-bond donors (Lipinski definition) is 2. The summed E-state index contributed by atoms with van der Waals surface area (Å²) in [5.74, 6) is -4.31. The van der Waals surface area contributed by atoms with Gasteiger partial charge < -0.3 is 10.8 Å². The van der Waals surface area contributed by atoms with Gasteiger partial charge >= 0.3 is 6.03 Å². The topological polar surface area (TPSA) is 135 Å². The third kappa shape index (κ3) is 2.87. The third-order valence-corrected chi connectivity index (χ3v) is 7.63. The van der Waals surface area contributed by atoms with Crippen molar-refractivity contribution in [1.82, 2.24) is 4.90 Å². The van der Waals surface area contributed by atoms with Gasteiger partial charge in [-0.3, -0.25) is 19.2 Å². The predicted molar refractivity (Wildman–Crippen MR) is 120 cm³/mol. The third-order valence-electron chi connectivity index (χ3n) is 7.63. The number of allylic oxidation sites excluding steroid dienone is 6. The van der Waals surface area contributed by atoms with Crippen molar-refractivity contribution < 1.29 is 29.1 Å². The highest BCUT2D eigenvalue weighted by Gasteiger charge is 2.57. The van der Waals surface area contributed by atoms with Crippen LogP contribution in [0, 0.1) is 31.6 Å². The van der Waals surface area contributed by atoms with Gasteiger partial charge in [-0.25, -0.2) is 4.79 Å². The molecular formula is C26H24N2O6. The number of nitrogens with zero attached hydrogens (tertiary/aromatic N) is 1. The largest absolute Gasteiger partial charge is 0.507 e. The van der Waals surface area contributed by atoms with E-state index in [1.807, 2.05) is 6.08 Å². The zero-order valence-electron chi connectivity index (χ0n) is 19.0. The van der Waals surface area contributed by atoms with Crippen LogP contribution in [0.1, 0.15) is 42.4 Å². The number of carbonyl (C=O) groups excluding carboxylic acids is 5. The molecule has 1 saturated heterocycles. The Bertz CT molecular complexity index is 1310. The minimum atomic E-state index is -1.11. The molecule has 1 aliphatic heterocycles. The second-order valence-corrected chi connectivity index (χ2v) is 9.58. The first kappa shape index (κ1) is 22.0. The molecule has 174 valence electrons. The van der Waals surface area contributed by atoms with Crippen LogP contribution in [0.2, 0.25) is 0 Å². The summed E-state index contributed by atoms with van der Waals surface area (Å²) in [6, 6.07) is 2.46. The van der Waals surface area contributed by atoms with Crippen molar-refractivity contribution >= 4 is 29.4 Å². The summed E-state index contributed by atoms with van der Waals surface area (Å²) in [5, 5.41) is 10.3. The Morgan fingerprint density at radius 1 is 1.03 bits per heavy atom. The second kappa shape index (κ2) is 7.35. The Balaban J connectivity index is 1.72. The quantitative estimate of drug-likeness (QED) is 0.376. The van der Waals surface area contributed by atoms with Crippen LogP contribution in [0.5, 0.6) is 5.75 Å². The summed E-state index contributed by atoms with van der Waals surface area (Å²) in [6.07, 6.45) is 3.59. The molecule has 4 aliphatic rings. The minimum absolute atomic E-state index is 0.135. The number of aryl methyl sites for hydroxylation is 2. The van der Waals surface area contributed by atoms with E-state index in [-0.39, 0.29) is 30.2 Å². The average molecular weight is 460 g/mol. The van der Waals surface area contributed by atoms with E-state index in [2.05, 4.69) is 0 Å². The number of aromatic hydroxyl groups is 1. The van der Waals surface area contributed by atoms with Gasteiger partial charge in [-0.15, -0.1) is 0 Å². The summed E-state index contributed by atoms with van der Waals surface area (Å²) in [7, 11) is 0. The number of Topliss-reactive ketones (excluding diaryl/α,β-unsaturated/α-hetero) is 1. The number of carbonyl (C=O) groups is 5. The summed E-state index contributed by atoms with van der Waals surface area (Å²) >= 11 is 0. The monoisotopic (exact) mass is 460 g/mol. The van der Waals surface area contributed by atoms with Crippen molar-refractivity contribution in [2.75, 3.05) is 0 Å². The van der Waals surface area contributed by atoms with Crippen LogP contribution in [0.3, 0.4) is 0 Å². The Morgan fingerprint density at radius 2 is 1.68 bits per heavy atom. The number of imide groups is 3. The Kier molecular flexibility index (Phi) is 4.76. The SMILES string of the molecule is CC1=CC(=O)C2=C(CC3C(=CCC4C(=O)N(C(N)=O)C(=O)C43)C2c2cc(C)c(O)c(C)c2)C1=O. The number of hydrogen-bond acceptors (Lipinski definition) is 6. The van der Waals surface area contributed by atoms with Crippen LogP contribution in [-0.2, 0) is 19.2 Å². The molecule has 8 nitrogen and oxygen atoms in total. The number of ketones is 2. The molecule has 5 rings (SSSR count). The number of likely N-dealkylation sites (tertiary alicyclic amines) is 1. The minimum Gasteiger partial charge on any atom is -0.507 e. The van der Waals surface area contributed by atoms with Gasteiger partial charge in [0.2, 0.25) is 11.8 Å². The highest BCUT2D eigenvalue weighted by Crippen LogP contribution is 2.55. The first-order chi connectivity index (χ1) is 16.0. The number of amides is 4. The van der Waals surface area contributed by atoms with E-state index >= 15 is 0 Å². The van der Waals surface area contributed by atoms with Gasteiger partial charge in [0.1, 0.15) is 5.75 Å². The lowest BCUT2D eigenvalue weighted by Gasteiger charge is -2.42. The van der Waals surface area contributed by atoms with Gasteiger partial charge in [0.15, 0.2) is 11.6 Å². The Hall–Kier alpha value is -3.81. The van der Waals surface area contributed by atoms with Crippen LogP contribution < -0.4 is 5.73 Å². The molecule has 4 atom stereocenters. The maximum absolute atomic E-state index is 13.2. The van der Waals surface area contributed by atoms with Gasteiger partial charge in [0.05, 0.1) is 11.8 Å². The lowest BCUT2D eigenvalue weighted by molar-refractivity contribution is -0.136. The van der Waals surface area contributed by atoms with Gasteiger partial charge in [-0.1, -0.05) is 23.8 Å². The number of phenolic OH excluding ortho intramolecular Hbond substituents is 1. The van der Waals surface area contributed by atoms with Crippen LogP contribution in [0.25, 0.3) is 0 Å². The maximum Gasteiger partial charge on any atom is 0.328 e. The number of benzene rings is 1. The van der Waals surface area contributed by atoms with E-state index in [1.165, 1.54) is 6.08 Å². The molecule has 34 heavy (non-hydrogen) atoms. The van der Waals surface area contributed by atoms with E-state index in [0.29, 0.717) is 32.7 Å². The molecule has 4 unspecified atom stereocenters. The van der Waals surface area contributed by atoms with Crippen LogP contribution in [-0.4, -0.2) is 39.4 Å². The first-order valence-electron chi connectivity index (χ1n) is 11.2. The van der Waals surface area contributed by atoms with Crippen LogP contribution in [0.4, 0.5) is 4.79 Å². The van der Waals surface area contributed by atoms with E-state index in [1.54, 1.807) is 32.9 Å². The highest BCUT2D eigenvalue weighted by atomic mass is 16.3.